The van der Waals surface area contributed by atoms with Crippen LogP contribution in [0.4, 0.5) is 0 Å². The number of aromatic carboxylic acids is 1. The lowest BCUT2D eigenvalue weighted by molar-refractivity contribution is -0.185. The summed E-state index contributed by atoms with van der Waals surface area (Å²) in [6.07, 6.45) is -0.0470. The number of carboxylic acids is 1. The Morgan fingerprint density at radius 3 is 2.29 bits per heavy atom. The Balaban J connectivity index is 1.85. The van der Waals surface area contributed by atoms with Crippen LogP contribution >= 0.6 is 0 Å². The third-order valence-electron chi connectivity index (χ3n) is 5.48. The summed E-state index contributed by atoms with van der Waals surface area (Å²) < 4.78 is 27.1. The van der Waals surface area contributed by atoms with E-state index in [-0.39, 0.29) is 23.5 Å². The summed E-state index contributed by atoms with van der Waals surface area (Å²) in [5.41, 5.74) is -0.175. The van der Waals surface area contributed by atoms with Crippen LogP contribution in [0, 0.1) is 12.3 Å². The van der Waals surface area contributed by atoms with Crippen LogP contribution in [0.2, 0.25) is 0 Å². The van der Waals surface area contributed by atoms with E-state index < -0.39 is 33.6 Å². The number of hydrogen-bond acceptors (Lipinski definition) is 5. The van der Waals surface area contributed by atoms with Crippen molar-refractivity contribution in [1.29, 1.82) is 0 Å². The molecule has 2 aliphatic rings. The van der Waals surface area contributed by atoms with E-state index in [1.165, 1.54) is 22.5 Å². The highest BCUT2D eigenvalue weighted by molar-refractivity contribution is 7.89. The van der Waals surface area contributed by atoms with Crippen molar-refractivity contribution in [3.8, 4) is 0 Å². The Morgan fingerprint density at radius 2 is 1.79 bits per heavy atom. The topological polar surface area (TPSA) is 115 Å². The van der Waals surface area contributed by atoms with Crippen molar-refractivity contribution in [2.75, 3.05) is 13.1 Å². The summed E-state index contributed by atoms with van der Waals surface area (Å²) in [4.78, 5) is 11.1. The second-order valence-corrected chi connectivity index (χ2v) is 8.60. The van der Waals surface area contributed by atoms with E-state index in [2.05, 4.69) is 0 Å². The zero-order chi connectivity index (χ0) is 17.7. The molecule has 0 unspecified atom stereocenters. The highest BCUT2D eigenvalue weighted by atomic mass is 32.2. The lowest BCUT2D eigenvalue weighted by Gasteiger charge is -2.54. The van der Waals surface area contributed by atoms with Crippen LogP contribution in [0.3, 0.4) is 0 Å². The first-order valence-corrected chi connectivity index (χ1v) is 9.33. The highest BCUT2D eigenvalue weighted by Crippen LogP contribution is 2.49. The van der Waals surface area contributed by atoms with Crippen molar-refractivity contribution in [1.82, 2.24) is 4.31 Å². The van der Waals surface area contributed by atoms with Gasteiger partial charge in [-0.1, -0.05) is 6.07 Å². The fourth-order valence-electron chi connectivity index (χ4n) is 3.70. The first-order chi connectivity index (χ1) is 11.2. The van der Waals surface area contributed by atoms with Gasteiger partial charge in [0.15, 0.2) is 0 Å². The van der Waals surface area contributed by atoms with E-state index >= 15 is 0 Å². The number of nitrogens with zero attached hydrogens (tertiary/aromatic N) is 1. The quantitative estimate of drug-likeness (QED) is 0.731. The van der Waals surface area contributed by atoms with Gasteiger partial charge in [0.2, 0.25) is 10.0 Å². The van der Waals surface area contributed by atoms with E-state index in [1.807, 2.05) is 0 Å². The lowest BCUT2D eigenvalue weighted by atomic mass is 9.59. The van der Waals surface area contributed by atoms with Gasteiger partial charge < -0.3 is 15.3 Å². The molecule has 8 heteroatoms. The predicted octanol–water partition coefficient (Wildman–Crippen LogP) is 0.590. The van der Waals surface area contributed by atoms with Gasteiger partial charge in [-0.2, -0.15) is 4.31 Å². The van der Waals surface area contributed by atoms with Crippen LogP contribution < -0.4 is 0 Å². The zero-order valence-electron chi connectivity index (χ0n) is 13.3. The van der Waals surface area contributed by atoms with Gasteiger partial charge in [-0.3, -0.25) is 0 Å². The van der Waals surface area contributed by atoms with Gasteiger partial charge in [0, 0.05) is 24.9 Å². The fourth-order valence-corrected chi connectivity index (χ4v) is 5.39. The standard InChI is InChI=1S/C16H21NO6S/c1-10-2-3-11(15(20)21)8-12(10)24(22,23)17-6-4-16(5-7-17)13(18)9-14(16)19/h2-3,8,13-14,18-19H,4-7,9H2,1H3,(H,20,21)/t13-,14+. The molecular weight excluding hydrogens is 334 g/mol. The van der Waals surface area contributed by atoms with Gasteiger partial charge in [-0.05, 0) is 37.5 Å². The number of hydrogen-bond donors (Lipinski definition) is 3. The van der Waals surface area contributed by atoms with Crippen LogP contribution in [-0.4, -0.2) is 59.3 Å². The van der Waals surface area contributed by atoms with Crippen LogP contribution in [0.5, 0.6) is 0 Å². The first-order valence-electron chi connectivity index (χ1n) is 7.89. The number of carboxylic acid groups (broad SMARTS) is 1. The summed E-state index contributed by atoms with van der Waals surface area (Å²) in [6.45, 7) is 2.03. The van der Waals surface area contributed by atoms with Crippen molar-refractivity contribution < 1.29 is 28.5 Å². The molecule has 3 N–H and O–H groups in total. The fraction of sp³-hybridized carbons (Fsp3) is 0.562. The largest absolute Gasteiger partial charge is 0.478 e. The van der Waals surface area contributed by atoms with Crippen LogP contribution in [0.25, 0.3) is 0 Å². The second kappa shape index (κ2) is 5.80. The highest BCUT2D eigenvalue weighted by Gasteiger charge is 2.55. The number of aliphatic hydroxyl groups excluding tert-OH is 2. The number of aliphatic hydroxyl groups is 2. The third kappa shape index (κ3) is 2.54. The molecule has 0 radical (unpaired) electrons. The van der Waals surface area contributed by atoms with Crippen molar-refractivity contribution >= 4 is 16.0 Å². The van der Waals surface area contributed by atoms with Gasteiger partial charge in [-0.15, -0.1) is 0 Å². The SMILES string of the molecule is Cc1ccc(C(=O)O)cc1S(=O)(=O)N1CCC2(CC1)[C@H](O)C[C@@H]2O. The molecule has 2 atom stereocenters. The molecule has 132 valence electrons. The number of rotatable bonds is 3. The predicted molar refractivity (Wildman–Crippen MR) is 85.2 cm³/mol. The van der Waals surface area contributed by atoms with Crippen LogP contribution in [0.1, 0.15) is 35.2 Å². The van der Waals surface area contributed by atoms with Gasteiger partial charge in [-0.25, -0.2) is 13.2 Å². The number of sulfonamides is 1. The molecular formula is C16H21NO6S. The smallest absolute Gasteiger partial charge is 0.335 e. The Morgan fingerprint density at radius 1 is 1.21 bits per heavy atom. The summed E-state index contributed by atoms with van der Waals surface area (Å²) >= 11 is 0. The molecule has 1 aromatic rings. The molecule has 3 rings (SSSR count). The molecule has 1 saturated carbocycles. The van der Waals surface area contributed by atoms with E-state index in [1.54, 1.807) is 6.92 Å². The summed E-state index contributed by atoms with van der Waals surface area (Å²) in [6, 6.07) is 4.05. The third-order valence-corrected chi connectivity index (χ3v) is 7.52. The van der Waals surface area contributed by atoms with Gasteiger partial charge >= 0.3 is 5.97 Å². The molecule has 7 nitrogen and oxygen atoms in total. The molecule has 1 aliphatic carbocycles. The summed E-state index contributed by atoms with van der Waals surface area (Å²) in [5.74, 6) is -1.18. The maximum absolute atomic E-state index is 12.9. The average molecular weight is 355 g/mol. The molecule has 0 amide bonds. The molecule has 1 heterocycles. The maximum atomic E-state index is 12.9. The molecule has 24 heavy (non-hydrogen) atoms. The summed E-state index contributed by atoms with van der Waals surface area (Å²) in [7, 11) is -3.81. The van der Waals surface area contributed by atoms with Crippen LogP contribution in [-0.2, 0) is 10.0 Å². The number of piperidine rings is 1. The van der Waals surface area contributed by atoms with Crippen molar-refractivity contribution in [3.05, 3.63) is 29.3 Å². The van der Waals surface area contributed by atoms with E-state index in [9.17, 15) is 23.4 Å². The average Bonchev–Trinajstić information content (AvgIpc) is 2.55. The normalized spacial score (nSPS) is 27.0. The van der Waals surface area contributed by atoms with Gasteiger partial charge in [0.05, 0.1) is 22.7 Å². The minimum absolute atomic E-state index is 0.00643. The Bertz CT molecular complexity index is 757. The molecule has 1 aliphatic heterocycles. The van der Waals surface area contributed by atoms with Gasteiger partial charge in [0.1, 0.15) is 0 Å². The lowest BCUT2D eigenvalue weighted by Crippen LogP contribution is -2.61. The van der Waals surface area contributed by atoms with Crippen molar-refractivity contribution in [2.45, 2.75) is 43.3 Å². The Kier molecular flexibility index (Phi) is 4.19. The van der Waals surface area contributed by atoms with Crippen molar-refractivity contribution in [3.63, 3.8) is 0 Å². The Labute approximate surface area is 140 Å². The van der Waals surface area contributed by atoms with E-state index in [0.717, 1.165) is 0 Å². The van der Waals surface area contributed by atoms with E-state index in [4.69, 9.17) is 5.11 Å². The number of carbonyl (C=O) groups is 1. The summed E-state index contributed by atoms with van der Waals surface area (Å²) in [5, 5.41) is 29.0. The van der Waals surface area contributed by atoms with Gasteiger partial charge in [0.25, 0.3) is 0 Å². The monoisotopic (exact) mass is 355 g/mol. The minimum atomic E-state index is -3.81. The maximum Gasteiger partial charge on any atom is 0.335 e. The number of benzene rings is 1. The molecule has 0 aromatic heterocycles. The molecule has 1 saturated heterocycles. The zero-order valence-corrected chi connectivity index (χ0v) is 14.2. The number of aryl methyl sites for hydroxylation is 1. The second-order valence-electron chi connectivity index (χ2n) is 6.69. The molecule has 2 fully saturated rings. The molecule has 1 spiro atoms. The van der Waals surface area contributed by atoms with Crippen molar-refractivity contribution in [2.24, 2.45) is 5.41 Å². The Hall–Kier alpha value is -1.48. The first kappa shape index (κ1) is 17.3. The van der Waals surface area contributed by atoms with Crippen LogP contribution in [0.15, 0.2) is 23.1 Å². The minimum Gasteiger partial charge on any atom is -0.478 e. The molecule has 1 aromatic carbocycles. The van der Waals surface area contributed by atoms with E-state index in [0.29, 0.717) is 24.8 Å². The molecule has 0 bridgehead atoms.